The Bertz CT molecular complexity index is 819. The molecule has 0 heterocycles. The highest BCUT2D eigenvalue weighted by Crippen LogP contribution is 2.39. The number of carbonyl (C=O) groups is 1. The van der Waals surface area contributed by atoms with Gasteiger partial charge < -0.3 is 15.8 Å². The monoisotopic (exact) mass is 385 g/mol. The van der Waals surface area contributed by atoms with Gasteiger partial charge in [0.2, 0.25) is 0 Å². The molecule has 0 aliphatic heterocycles. The Labute approximate surface area is 164 Å². The lowest BCUT2D eigenvalue weighted by molar-refractivity contribution is -0.132. The molecule has 1 aromatic rings. The van der Waals surface area contributed by atoms with Gasteiger partial charge in [0.05, 0.1) is 12.6 Å². The molecule has 142 valence electrons. The number of esters is 1. The van der Waals surface area contributed by atoms with E-state index in [-0.39, 0.29) is 22.1 Å². The van der Waals surface area contributed by atoms with E-state index in [1.807, 2.05) is 36.4 Å². The van der Waals surface area contributed by atoms with E-state index in [4.69, 9.17) is 22.1 Å². The minimum absolute atomic E-state index is 0.0103. The second kappa shape index (κ2) is 8.01. The first-order chi connectivity index (χ1) is 12.9. The summed E-state index contributed by atoms with van der Waals surface area (Å²) in [5.41, 5.74) is 7.63. The van der Waals surface area contributed by atoms with Crippen molar-refractivity contribution >= 4 is 29.4 Å². The Morgan fingerprint density at radius 2 is 2.04 bits per heavy atom. The van der Waals surface area contributed by atoms with Crippen molar-refractivity contribution in [1.29, 1.82) is 0 Å². The summed E-state index contributed by atoms with van der Waals surface area (Å²) in [5, 5.41) is 3.29. The van der Waals surface area contributed by atoms with Gasteiger partial charge in [-0.2, -0.15) is 0 Å². The molecular formula is C21H24ClN3O2. The maximum atomic E-state index is 12.1. The SMILES string of the molecule is C=C(/N=C(C(=O)OC)\C(Cl)=C(/N)NC1(/C=C\c2ccccc2)CC1)C1CC1. The van der Waals surface area contributed by atoms with Crippen molar-refractivity contribution in [1.82, 2.24) is 5.32 Å². The fraction of sp³-hybridized carbons (Fsp3) is 0.333. The Kier molecular flexibility index (Phi) is 5.71. The molecule has 0 saturated heterocycles. The van der Waals surface area contributed by atoms with Gasteiger partial charge in [-0.1, -0.05) is 60.7 Å². The van der Waals surface area contributed by atoms with Gasteiger partial charge in [0.15, 0.2) is 5.71 Å². The summed E-state index contributed by atoms with van der Waals surface area (Å²) in [6.45, 7) is 3.92. The standard InChI is InChI=1S/C21H24ClN3O2/c1-14(16-8-9-16)24-18(20(26)27-2)17(22)19(23)25-21(12-13-21)11-10-15-6-4-3-5-7-15/h3-7,10-11,16,25H,1,8-9,12-13,23H2,2H3/b11-10-,19-17-,24-18+. The van der Waals surface area contributed by atoms with Crippen LogP contribution in [0.4, 0.5) is 0 Å². The molecule has 27 heavy (non-hydrogen) atoms. The van der Waals surface area contributed by atoms with E-state index in [2.05, 4.69) is 23.0 Å². The molecule has 0 aromatic heterocycles. The highest BCUT2D eigenvalue weighted by Gasteiger charge is 2.41. The van der Waals surface area contributed by atoms with Crippen LogP contribution in [-0.4, -0.2) is 24.3 Å². The van der Waals surface area contributed by atoms with Gasteiger partial charge >= 0.3 is 5.97 Å². The third-order valence-electron chi connectivity index (χ3n) is 4.69. The van der Waals surface area contributed by atoms with Gasteiger partial charge in [-0.3, -0.25) is 0 Å². The maximum Gasteiger partial charge on any atom is 0.358 e. The van der Waals surface area contributed by atoms with E-state index in [1.165, 1.54) is 7.11 Å². The van der Waals surface area contributed by atoms with Crippen LogP contribution in [0.3, 0.4) is 0 Å². The highest BCUT2D eigenvalue weighted by molar-refractivity contribution is 6.58. The Morgan fingerprint density at radius 1 is 1.37 bits per heavy atom. The summed E-state index contributed by atoms with van der Waals surface area (Å²) >= 11 is 6.39. The summed E-state index contributed by atoms with van der Waals surface area (Å²) in [6.07, 6.45) is 8.04. The summed E-state index contributed by atoms with van der Waals surface area (Å²) in [4.78, 5) is 16.4. The Balaban J connectivity index is 1.77. The smallest absolute Gasteiger partial charge is 0.358 e. The molecule has 2 saturated carbocycles. The first-order valence-electron chi connectivity index (χ1n) is 8.98. The van der Waals surface area contributed by atoms with Crippen LogP contribution >= 0.6 is 11.6 Å². The highest BCUT2D eigenvalue weighted by atomic mass is 35.5. The topological polar surface area (TPSA) is 76.7 Å². The zero-order valence-corrected chi connectivity index (χ0v) is 16.1. The van der Waals surface area contributed by atoms with E-state index in [9.17, 15) is 4.79 Å². The van der Waals surface area contributed by atoms with Crippen LogP contribution in [0.1, 0.15) is 31.2 Å². The van der Waals surface area contributed by atoms with Crippen molar-refractivity contribution in [3.8, 4) is 0 Å². The van der Waals surface area contributed by atoms with E-state index < -0.39 is 5.97 Å². The van der Waals surface area contributed by atoms with Crippen molar-refractivity contribution < 1.29 is 9.53 Å². The number of nitrogens with zero attached hydrogens (tertiary/aromatic N) is 1. The number of rotatable bonds is 8. The number of nitrogens with one attached hydrogen (secondary N) is 1. The zero-order valence-electron chi connectivity index (χ0n) is 15.4. The number of halogens is 1. The number of aliphatic imine (C=N–C) groups is 1. The molecule has 0 unspecified atom stereocenters. The minimum Gasteiger partial charge on any atom is -0.464 e. The fourth-order valence-corrected chi connectivity index (χ4v) is 2.84. The average Bonchev–Trinajstić information content (AvgIpc) is 3.59. The molecule has 6 heteroatoms. The zero-order chi connectivity index (χ0) is 19.4. The molecule has 5 nitrogen and oxygen atoms in total. The second-order valence-electron chi connectivity index (χ2n) is 6.97. The normalized spacial score (nSPS) is 19.4. The van der Waals surface area contributed by atoms with E-state index >= 15 is 0 Å². The average molecular weight is 386 g/mol. The van der Waals surface area contributed by atoms with Gasteiger partial charge in [-0.15, -0.1) is 0 Å². The van der Waals surface area contributed by atoms with Crippen LogP contribution < -0.4 is 11.1 Å². The lowest BCUT2D eigenvalue weighted by atomic mass is 10.1. The van der Waals surface area contributed by atoms with Crippen LogP contribution in [0.2, 0.25) is 0 Å². The summed E-state index contributed by atoms with van der Waals surface area (Å²) < 4.78 is 4.81. The third kappa shape index (κ3) is 5.01. The van der Waals surface area contributed by atoms with E-state index in [1.54, 1.807) is 0 Å². The third-order valence-corrected chi connectivity index (χ3v) is 5.08. The molecule has 2 aliphatic carbocycles. The first-order valence-corrected chi connectivity index (χ1v) is 9.36. The molecule has 1 aromatic carbocycles. The molecule has 0 atom stereocenters. The second-order valence-corrected chi connectivity index (χ2v) is 7.35. The fourth-order valence-electron chi connectivity index (χ4n) is 2.67. The van der Waals surface area contributed by atoms with Crippen molar-refractivity contribution in [2.75, 3.05) is 7.11 Å². The molecular weight excluding hydrogens is 362 g/mol. The molecule has 2 aliphatic rings. The number of methoxy groups -OCH3 is 1. The Morgan fingerprint density at radius 3 is 2.59 bits per heavy atom. The summed E-state index contributed by atoms with van der Waals surface area (Å²) in [7, 11) is 1.29. The van der Waals surface area contributed by atoms with Crippen LogP contribution in [0, 0.1) is 5.92 Å². The van der Waals surface area contributed by atoms with Gasteiger partial charge in [0.25, 0.3) is 0 Å². The van der Waals surface area contributed by atoms with Gasteiger partial charge in [-0.25, -0.2) is 9.79 Å². The number of allylic oxidation sites excluding steroid dienone is 1. The van der Waals surface area contributed by atoms with Gasteiger partial charge in [0.1, 0.15) is 10.9 Å². The predicted octanol–water partition coefficient (Wildman–Crippen LogP) is 3.73. The molecule has 0 radical (unpaired) electrons. The summed E-state index contributed by atoms with van der Waals surface area (Å²) in [6, 6.07) is 10.0. The number of benzene rings is 1. The number of hydrogen-bond acceptors (Lipinski definition) is 5. The largest absolute Gasteiger partial charge is 0.464 e. The van der Waals surface area contributed by atoms with Crippen LogP contribution in [0.5, 0.6) is 0 Å². The number of hydrogen-bond donors (Lipinski definition) is 2. The van der Waals surface area contributed by atoms with Gasteiger partial charge in [0, 0.05) is 11.6 Å². The van der Waals surface area contributed by atoms with E-state index in [0.29, 0.717) is 11.6 Å². The lowest BCUT2D eigenvalue weighted by Gasteiger charge is -2.17. The maximum absolute atomic E-state index is 12.1. The molecule has 3 rings (SSSR count). The van der Waals surface area contributed by atoms with Crippen molar-refractivity contribution in [2.24, 2.45) is 16.6 Å². The molecule has 2 fully saturated rings. The Hall–Kier alpha value is -2.53. The van der Waals surface area contributed by atoms with E-state index in [0.717, 1.165) is 31.2 Å². The quantitative estimate of drug-likeness (QED) is 0.528. The van der Waals surface area contributed by atoms with Gasteiger partial charge in [-0.05, 0) is 31.2 Å². The molecule has 0 bridgehead atoms. The molecule has 3 N–H and O–H groups in total. The van der Waals surface area contributed by atoms with Crippen molar-refractivity contribution in [3.63, 3.8) is 0 Å². The van der Waals surface area contributed by atoms with Crippen molar-refractivity contribution in [3.05, 3.63) is 65.1 Å². The van der Waals surface area contributed by atoms with Crippen molar-refractivity contribution in [2.45, 2.75) is 31.2 Å². The number of carbonyl (C=O) groups excluding carboxylic acids is 1. The predicted molar refractivity (Wildman–Crippen MR) is 109 cm³/mol. The van der Waals surface area contributed by atoms with Crippen LogP contribution in [-0.2, 0) is 9.53 Å². The first kappa shape index (κ1) is 19.2. The lowest BCUT2D eigenvalue weighted by Crippen LogP contribution is -2.35. The van der Waals surface area contributed by atoms with Crippen LogP contribution in [0.15, 0.2) is 64.5 Å². The molecule has 0 amide bonds. The molecule has 0 spiro atoms. The van der Waals surface area contributed by atoms with Crippen LogP contribution in [0.25, 0.3) is 6.08 Å². The number of ether oxygens (including phenoxy) is 1. The summed E-state index contributed by atoms with van der Waals surface area (Å²) in [5.74, 6) is -0.109. The number of nitrogens with two attached hydrogens (primary N) is 1. The minimum atomic E-state index is -0.628.